The third-order valence-corrected chi connectivity index (χ3v) is 4.94. The molecule has 2 fully saturated rings. The highest BCUT2D eigenvalue weighted by Crippen LogP contribution is 2.57. The maximum atomic E-state index is 12.7. The first-order chi connectivity index (χ1) is 8.37. The normalized spacial score (nSPS) is 35.6. The van der Waals surface area contributed by atoms with Gasteiger partial charge in [0, 0.05) is 31.5 Å². The number of halogens is 1. The molecule has 1 aliphatic carbocycles. The molecular formula is C14H27ClN2O2. The summed E-state index contributed by atoms with van der Waals surface area (Å²) in [7, 11) is 1.85. The lowest BCUT2D eigenvalue weighted by molar-refractivity contribution is -0.229. The Balaban J connectivity index is 0.00000180. The lowest BCUT2D eigenvalue weighted by atomic mass is 9.46. The summed E-state index contributed by atoms with van der Waals surface area (Å²) in [5.41, 5.74) is 5.52. The molecule has 5 heteroatoms. The smallest absolute Gasteiger partial charge is 0.243 e. The third-order valence-electron chi connectivity index (χ3n) is 4.94. The molecule has 2 N–H and O–H groups in total. The Morgan fingerprint density at radius 2 is 2.11 bits per heavy atom. The highest BCUT2D eigenvalue weighted by molar-refractivity contribution is 5.89. The van der Waals surface area contributed by atoms with Crippen LogP contribution < -0.4 is 5.73 Å². The highest BCUT2D eigenvalue weighted by Gasteiger charge is 2.70. The Hall–Kier alpha value is -0.320. The Labute approximate surface area is 122 Å². The number of nitrogens with two attached hydrogens (primary N) is 1. The molecule has 1 aliphatic heterocycles. The third kappa shape index (κ3) is 2.18. The van der Waals surface area contributed by atoms with Gasteiger partial charge in [-0.1, -0.05) is 20.8 Å². The first kappa shape index (κ1) is 16.7. The minimum Gasteiger partial charge on any atom is -0.377 e. The van der Waals surface area contributed by atoms with Crippen LogP contribution in [0.3, 0.4) is 0 Å². The van der Waals surface area contributed by atoms with Gasteiger partial charge in [0.2, 0.25) is 5.91 Å². The highest BCUT2D eigenvalue weighted by atomic mass is 35.5. The first-order valence-electron chi connectivity index (χ1n) is 7.03. The van der Waals surface area contributed by atoms with E-state index < -0.39 is 5.54 Å². The van der Waals surface area contributed by atoms with Gasteiger partial charge < -0.3 is 15.4 Å². The molecule has 1 amide bonds. The molecule has 0 radical (unpaired) electrons. The maximum Gasteiger partial charge on any atom is 0.243 e. The topological polar surface area (TPSA) is 55.6 Å². The molecular weight excluding hydrogens is 264 g/mol. The molecule has 0 aromatic carbocycles. The van der Waals surface area contributed by atoms with E-state index >= 15 is 0 Å². The molecule has 0 aromatic heterocycles. The van der Waals surface area contributed by atoms with Gasteiger partial charge in [0.15, 0.2) is 0 Å². The Morgan fingerprint density at radius 1 is 1.47 bits per heavy atom. The van der Waals surface area contributed by atoms with Crippen LogP contribution in [0.5, 0.6) is 0 Å². The number of fused-ring (bicyclic) bond motifs is 1. The molecule has 0 aromatic rings. The Kier molecular flexibility index (Phi) is 4.92. The second-order valence-electron chi connectivity index (χ2n) is 6.36. The molecule has 3 unspecified atom stereocenters. The summed E-state index contributed by atoms with van der Waals surface area (Å²) >= 11 is 0. The summed E-state index contributed by atoms with van der Waals surface area (Å²) in [4.78, 5) is 14.4. The van der Waals surface area contributed by atoms with Crippen molar-refractivity contribution in [1.82, 2.24) is 4.90 Å². The number of carbonyl (C=O) groups excluding carboxylic acids is 1. The van der Waals surface area contributed by atoms with E-state index in [0.29, 0.717) is 0 Å². The van der Waals surface area contributed by atoms with E-state index in [1.165, 1.54) is 0 Å². The Bertz CT molecular complexity index is 348. The summed E-state index contributed by atoms with van der Waals surface area (Å²) in [6, 6.07) is 0. The van der Waals surface area contributed by atoms with Gasteiger partial charge in [0.1, 0.15) is 5.54 Å². The number of hydrogen-bond donors (Lipinski definition) is 1. The molecule has 0 bridgehead atoms. The van der Waals surface area contributed by atoms with Crippen LogP contribution >= 0.6 is 12.4 Å². The van der Waals surface area contributed by atoms with Gasteiger partial charge >= 0.3 is 0 Å². The van der Waals surface area contributed by atoms with E-state index in [0.717, 1.165) is 32.4 Å². The number of ether oxygens (including phenoxy) is 1. The van der Waals surface area contributed by atoms with Gasteiger partial charge in [-0.2, -0.15) is 0 Å². The van der Waals surface area contributed by atoms with Gasteiger partial charge in [0.25, 0.3) is 0 Å². The van der Waals surface area contributed by atoms with Crippen LogP contribution in [-0.2, 0) is 9.53 Å². The van der Waals surface area contributed by atoms with Crippen molar-refractivity contribution >= 4 is 18.3 Å². The summed E-state index contributed by atoms with van der Waals surface area (Å²) in [6.45, 7) is 7.78. The van der Waals surface area contributed by atoms with Crippen LogP contribution in [0.15, 0.2) is 0 Å². The van der Waals surface area contributed by atoms with E-state index in [4.69, 9.17) is 10.5 Å². The van der Waals surface area contributed by atoms with E-state index in [-0.39, 0.29) is 35.8 Å². The Morgan fingerprint density at radius 3 is 2.68 bits per heavy atom. The SMILES string of the molecule is CCCN(C)C(=O)C1(N)C2CCCOC2C1(C)C.Cl. The van der Waals surface area contributed by atoms with Crippen molar-refractivity contribution in [2.24, 2.45) is 17.1 Å². The number of carbonyl (C=O) groups is 1. The van der Waals surface area contributed by atoms with Gasteiger partial charge in [-0.05, 0) is 19.3 Å². The molecule has 4 nitrogen and oxygen atoms in total. The van der Waals surface area contributed by atoms with Crippen molar-refractivity contribution in [3.63, 3.8) is 0 Å². The lowest BCUT2D eigenvalue weighted by Crippen LogP contribution is -2.82. The molecule has 0 spiro atoms. The van der Waals surface area contributed by atoms with E-state index in [2.05, 4.69) is 20.8 Å². The zero-order valence-electron chi connectivity index (χ0n) is 12.4. The van der Waals surface area contributed by atoms with Crippen LogP contribution in [0.4, 0.5) is 0 Å². The molecule has 19 heavy (non-hydrogen) atoms. The summed E-state index contributed by atoms with van der Waals surface area (Å²) in [5, 5.41) is 0. The van der Waals surface area contributed by atoms with Crippen molar-refractivity contribution in [3.05, 3.63) is 0 Å². The zero-order chi connectivity index (χ0) is 13.6. The van der Waals surface area contributed by atoms with Crippen LogP contribution in [0.25, 0.3) is 0 Å². The minimum absolute atomic E-state index is 0. The van der Waals surface area contributed by atoms with Crippen LogP contribution in [-0.4, -0.2) is 42.6 Å². The molecule has 1 saturated carbocycles. The van der Waals surface area contributed by atoms with Crippen molar-refractivity contribution in [1.29, 1.82) is 0 Å². The second-order valence-corrected chi connectivity index (χ2v) is 6.36. The standard InChI is InChI=1S/C14H26N2O2.ClH/c1-5-8-16(4)12(17)14(15)10-7-6-9-18-11(10)13(14,2)3;/h10-11H,5-9,15H2,1-4H3;1H. The molecule has 3 atom stereocenters. The lowest BCUT2D eigenvalue weighted by Gasteiger charge is -2.65. The zero-order valence-corrected chi connectivity index (χ0v) is 13.3. The largest absolute Gasteiger partial charge is 0.377 e. The first-order valence-corrected chi connectivity index (χ1v) is 7.03. The number of likely N-dealkylation sites (N-methyl/N-ethyl adjacent to an activating group) is 1. The number of rotatable bonds is 3. The van der Waals surface area contributed by atoms with Crippen molar-refractivity contribution < 1.29 is 9.53 Å². The minimum atomic E-state index is -0.748. The van der Waals surface area contributed by atoms with Gasteiger partial charge in [-0.15, -0.1) is 12.4 Å². The number of amides is 1. The fourth-order valence-corrected chi connectivity index (χ4v) is 3.76. The van der Waals surface area contributed by atoms with Crippen molar-refractivity contribution in [3.8, 4) is 0 Å². The number of hydrogen-bond acceptors (Lipinski definition) is 3. The van der Waals surface area contributed by atoms with E-state index in [1.807, 2.05) is 7.05 Å². The molecule has 2 aliphatic rings. The summed E-state index contributed by atoms with van der Waals surface area (Å²) < 4.78 is 5.83. The van der Waals surface area contributed by atoms with E-state index in [1.54, 1.807) is 4.90 Å². The van der Waals surface area contributed by atoms with Crippen molar-refractivity contribution in [2.45, 2.75) is 51.7 Å². The quantitative estimate of drug-likeness (QED) is 0.862. The fourth-order valence-electron chi connectivity index (χ4n) is 3.76. The average Bonchev–Trinajstić information content (AvgIpc) is 2.37. The predicted octanol–water partition coefficient (Wildman–Crippen LogP) is 1.81. The second kappa shape index (κ2) is 5.58. The van der Waals surface area contributed by atoms with Crippen LogP contribution in [0, 0.1) is 11.3 Å². The molecule has 1 heterocycles. The monoisotopic (exact) mass is 290 g/mol. The predicted molar refractivity (Wildman–Crippen MR) is 78.3 cm³/mol. The maximum absolute atomic E-state index is 12.7. The summed E-state index contributed by atoms with van der Waals surface area (Å²) in [5.74, 6) is 0.272. The van der Waals surface area contributed by atoms with Crippen LogP contribution in [0.2, 0.25) is 0 Å². The number of nitrogens with zero attached hydrogens (tertiary/aromatic N) is 1. The summed E-state index contributed by atoms with van der Waals surface area (Å²) in [6.07, 6.45) is 3.14. The molecule has 1 saturated heterocycles. The van der Waals surface area contributed by atoms with Gasteiger partial charge in [0.05, 0.1) is 6.10 Å². The fraction of sp³-hybridized carbons (Fsp3) is 0.929. The molecule has 112 valence electrons. The average molecular weight is 291 g/mol. The van der Waals surface area contributed by atoms with E-state index in [9.17, 15) is 4.79 Å². The van der Waals surface area contributed by atoms with Gasteiger partial charge in [-0.3, -0.25) is 4.79 Å². The van der Waals surface area contributed by atoms with Gasteiger partial charge in [-0.25, -0.2) is 0 Å². The van der Waals surface area contributed by atoms with Crippen molar-refractivity contribution in [2.75, 3.05) is 20.2 Å². The molecule has 2 rings (SSSR count). The van der Waals surface area contributed by atoms with Crippen LogP contribution in [0.1, 0.15) is 40.0 Å².